The zero-order chi connectivity index (χ0) is 27.1. The fourth-order valence-electron chi connectivity index (χ4n) is 3.95. The maximum atomic E-state index is 12.7. The molecule has 4 rings (SSSR count). The number of halogens is 2. The van der Waals surface area contributed by atoms with Crippen molar-refractivity contribution in [3.05, 3.63) is 92.9 Å². The highest BCUT2D eigenvalue weighted by molar-refractivity contribution is 9.10. The van der Waals surface area contributed by atoms with Crippen LogP contribution in [0.5, 0.6) is 11.5 Å². The molecule has 0 aromatic heterocycles. The Hall–Kier alpha value is -3.36. The summed E-state index contributed by atoms with van der Waals surface area (Å²) in [5, 5.41) is 7.43. The van der Waals surface area contributed by atoms with E-state index in [0.29, 0.717) is 22.9 Å². The molecule has 0 saturated heterocycles. The molecule has 0 saturated carbocycles. The molecule has 0 aliphatic rings. The van der Waals surface area contributed by atoms with Crippen LogP contribution in [0.3, 0.4) is 0 Å². The molecule has 0 radical (unpaired) electrons. The van der Waals surface area contributed by atoms with Crippen LogP contribution in [0.4, 0.5) is 11.4 Å². The Morgan fingerprint density at radius 1 is 0.658 bits per heavy atom. The Morgan fingerprint density at radius 3 is 1.45 bits per heavy atom. The maximum Gasteiger partial charge on any atom is 0.262 e. The maximum absolute atomic E-state index is 12.7. The van der Waals surface area contributed by atoms with Gasteiger partial charge >= 0.3 is 0 Å². The summed E-state index contributed by atoms with van der Waals surface area (Å²) in [7, 11) is 0. The molecule has 0 unspecified atom stereocenters. The van der Waals surface area contributed by atoms with Crippen LogP contribution in [0.2, 0.25) is 0 Å². The summed E-state index contributed by atoms with van der Waals surface area (Å²) in [6.07, 6.45) is 1.83. The minimum absolute atomic E-state index is 0.136. The fraction of sp³-hybridized carbons (Fsp3) is 0.200. The molecule has 8 heteroatoms. The largest absolute Gasteiger partial charge is 0.483 e. The van der Waals surface area contributed by atoms with E-state index in [2.05, 4.69) is 56.3 Å². The highest BCUT2D eigenvalue weighted by Gasteiger charge is 2.12. The summed E-state index contributed by atoms with van der Waals surface area (Å²) in [4.78, 5) is 25.3. The van der Waals surface area contributed by atoms with Crippen molar-refractivity contribution in [2.75, 3.05) is 23.8 Å². The van der Waals surface area contributed by atoms with E-state index >= 15 is 0 Å². The van der Waals surface area contributed by atoms with Crippen LogP contribution in [0.1, 0.15) is 25.0 Å². The van der Waals surface area contributed by atoms with Gasteiger partial charge in [0.15, 0.2) is 13.2 Å². The molecular formula is C30H28Br2N2O4. The second-order valence-corrected chi connectivity index (χ2v) is 10.3. The van der Waals surface area contributed by atoms with Gasteiger partial charge in [0.2, 0.25) is 0 Å². The van der Waals surface area contributed by atoms with Gasteiger partial charge in [0.1, 0.15) is 11.5 Å². The molecule has 0 atom stereocenters. The highest BCUT2D eigenvalue weighted by atomic mass is 79.9. The van der Waals surface area contributed by atoms with E-state index in [9.17, 15) is 9.59 Å². The Balaban J connectivity index is 1.40. The summed E-state index contributed by atoms with van der Waals surface area (Å²) in [5.41, 5.74) is 3.61. The van der Waals surface area contributed by atoms with Gasteiger partial charge in [-0.05, 0) is 92.2 Å². The molecule has 0 bridgehead atoms. The standard InChI is InChI=1S/C30H28Br2N2O4/c1-3-19-11-13-27(23(31)15-19)37-17-29(35)33-25-9-5-8-22-21(25)7-6-10-26(22)34-30(36)18-38-28-14-12-20(4-2)16-24(28)32/h5-16H,3-4,17-18H2,1-2H3,(H,33,35)(H,34,36). The van der Waals surface area contributed by atoms with Crippen LogP contribution >= 0.6 is 31.9 Å². The first-order valence-electron chi connectivity index (χ1n) is 12.3. The van der Waals surface area contributed by atoms with Crippen molar-refractivity contribution < 1.29 is 19.1 Å². The van der Waals surface area contributed by atoms with E-state index in [0.717, 1.165) is 32.6 Å². The molecule has 38 heavy (non-hydrogen) atoms. The number of ether oxygens (including phenoxy) is 2. The van der Waals surface area contributed by atoms with Crippen LogP contribution in [0, 0.1) is 0 Å². The Labute approximate surface area is 239 Å². The van der Waals surface area contributed by atoms with E-state index in [-0.39, 0.29) is 25.0 Å². The van der Waals surface area contributed by atoms with Crippen molar-refractivity contribution in [2.24, 2.45) is 0 Å². The topological polar surface area (TPSA) is 76.7 Å². The third kappa shape index (κ3) is 6.94. The molecule has 0 spiro atoms. The van der Waals surface area contributed by atoms with Gasteiger partial charge in [-0.1, -0.05) is 50.2 Å². The first-order valence-corrected chi connectivity index (χ1v) is 13.9. The molecule has 2 amide bonds. The van der Waals surface area contributed by atoms with Crippen molar-refractivity contribution in [3.63, 3.8) is 0 Å². The van der Waals surface area contributed by atoms with Gasteiger partial charge in [-0.2, -0.15) is 0 Å². The monoisotopic (exact) mass is 638 g/mol. The summed E-state index contributed by atoms with van der Waals surface area (Å²) >= 11 is 6.99. The van der Waals surface area contributed by atoms with Crippen molar-refractivity contribution in [1.29, 1.82) is 0 Å². The predicted molar refractivity (Wildman–Crippen MR) is 159 cm³/mol. The number of fused-ring (bicyclic) bond motifs is 1. The quantitative estimate of drug-likeness (QED) is 0.188. The zero-order valence-electron chi connectivity index (χ0n) is 21.1. The van der Waals surface area contributed by atoms with Gasteiger partial charge in [-0.3, -0.25) is 9.59 Å². The third-order valence-corrected chi connectivity index (χ3v) is 7.24. The molecule has 196 valence electrons. The lowest BCUT2D eigenvalue weighted by atomic mass is 10.1. The van der Waals surface area contributed by atoms with Crippen molar-refractivity contribution in [1.82, 2.24) is 0 Å². The Kier molecular flexibility index (Phi) is 9.42. The van der Waals surface area contributed by atoms with E-state index in [1.54, 1.807) is 0 Å². The number of anilines is 2. The number of hydrogen-bond acceptors (Lipinski definition) is 4. The lowest BCUT2D eigenvalue weighted by Crippen LogP contribution is -2.21. The normalized spacial score (nSPS) is 10.7. The molecule has 2 N–H and O–H groups in total. The average Bonchev–Trinajstić information content (AvgIpc) is 2.92. The van der Waals surface area contributed by atoms with Crippen LogP contribution < -0.4 is 20.1 Å². The van der Waals surface area contributed by atoms with E-state index in [4.69, 9.17) is 9.47 Å². The van der Waals surface area contributed by atoms with Crippen LogP contribution in [0.15, 0.2) is 81.7 Å². The van der Waals surface area contributed by atoms with Gasteiger partial charge in [0.05, 0.1) is 8.95 Å². The number of benzene rings is 4. The van der Waals surface area contributed by atoms with Crippen molar-refractivity contribution >= 4 is 65.8 Å². The van der Waals surface area contributed by atoms with E-state index < -0.39 is 0 Å². The Morgan fingerprint density at radius 2 is 1.08 bits per heavy atom. The number of nitrogens with one attached hydrogen (secondary N) is 2. The SMILES string of the molecule is CCc1ccc(OCC(=O)Nc2cccc3c(NC(=O)COc4ccc(CC)cc4Br)cccc23)c(Br)c1. The van der Waals surface area contributed by atoms with Crippen molar-refractivity contribution in [2.45, 2.75) is 26.7 Å². The van der Waals surface area contributed by atoms with Crippen molar-refractivity contribution in [3.8, 4) is 11.5 Å². The number of aryl methyl sites for hydroxylation is 2. The van der Waals surface area contributed by atoms with E-state index in [1.165, 1.54) is 11.1 Å². The van der Waals surface area contributed by atoms with Gasteiger partial charge in [0.25, 0.3) is 11.8 Å². The lowest BCUT2D eigenvalue weighted by Gasteiger charge is -2.14. The zero-order valence-corrected chi connectivity index (χ0v) is 24.3. The molecule has 4 aromatic carbocycles. The third-order valence-electron chi connectivity index (χ3n) is 6.00. The molecule has 0 heterocycles. The fourth-order valence-corrected chi connectivity index (χ4v) is 5.03. The Bertz CT molecular complexity index is 1360. The molecule has 0 fully saturated rings. The number of carbonyl (C=O) groups excluding carboxylic acids is 2. The predicted octanol–water partition coefficient (Wildman–Crippen LogP) is 7.52. The summed E-state index contributed by atoms with van der Waals surface area (Å²) in [6, 6.07) is 22.7. The van der Waals surface area contributed by atoms with Gasteiger partial charge < -0.3 is 20.1 Å². The second kappa shape index (κ2) is 12.9. The number of amides is 2. The number of carbonyl (C=O) groups is 2. The second-order valence-electron chi connectivity index (χ2n) is 8.62. The molecule has 4 aromatic rings. The molecule has 6 nitrogen and oxygen atoms in total. The van der Waals surface area contributed by atoms with Crippen LogP contribution in [-0.2, 0) is 22.4 Å². The van der Waals surface area contributed by atoms with Gasteiger partial charge in [-0.15, -0.1) is 0 Å². The summed E-state index contributed by atoms with van der Waals surface area (Å²) in [5.74, 6) is 0.643. The first-order chi connectivity index (χ1) is 18.4. The molecular weight excluding hydrogens is 612 g/mol. The first kappa shape index (κ1) is 27.7. The van der Waals surface area contributed by atoms with Gasteiger partial charge in [0, 0.05) is 22.1 Å². The smallest absolute Gasteiger partial charge is 0.262 e. The minimum Gasteiger partial charge on any atom is -0.483 e. The van der Waals surface area contributed by atoms with Gasteiger partial charge in [-0.25, -0.2) is 0 Å². The number of hydrogen-bond donors (Lipinski definition) is 2. The van der Waals surface area contributed by atoms with E-state index in [1.807, 2.05) is 72.8 Å². The highest BCUT2D eigenvalue weighted by Crippen LogP contribution is 2.30. The molecule has 0 aliphatic carbocycles. The van der Waals surface area contributed by atoms with Crippen LogP contribution in [0.25, 0.3) is 10.8 Å². The number of rotatable bonds is 10. The van der Waals surface area contributed by atoms with Crippen LogP contribution in [-0.4, -0.2) is 25.0 Å². The summed E-state index contributed by atoms with van der Waals surface area (Å²) < 4.78 is 13.0. The average molecular weight is 640 g/mol. The molecule has 0 aliphatic heterocycles. The lowest BCUT2D eigenvalue weighted by molar-refractivity contribution is -0.118. The summed E-state index contributed by atoms with van der Waals surface area (Å²) in [6.45, 7) is 3.89. The minimum atomic E-state index is -0.286.